The van der Waals surface area contributed by atoms with Gasteiger partial charge in [0.25, 0.3) is 0 Å². The maximum Gasteiger partial charge on any atom is 0.336 e. The van der Waals surface area contributed by atoms with Crippen LogP contribution in [-0.2, 0) is 0 Å². The van der Waals surface area contributed by atoms with Crippen molar-refractivity contribution in [2.24, 2.45) is 0 Å². The van der Waals surface area contributed by atoms with E-state index in [2.05, 4.69) is 0 Å². The van der Waals surface area contributed by atoms with Crippen LogP contribution in [0.15, 0.2) is 115 Å². The molecule has 0 saturated carbocycles. The van der Waals surface area contributed by atoms with E-state index in [0.717, 1.165) is 0 Å². The molecule has 3 N–H and O–H groups in total. The molecule has 6 heteroatoms. The van der Waals surface area contributed by atoms with Crippen LogP contribution < -0.4 is 0 Å². The molecule has 35 heavy (non-hydrogen) atoms. The van der Waals surface area contributed by atoms with Crippen LogP contribution in [-0.4, -0.2) is 32.9 Å². The van der Waals surface area contributed by atoms with Crippen LogP contribution in [0.3, 0.4) is 0 Å². The fourth-order valence-corrected chi connectivity index (χ4v) is 3.37. The zero-order chi connectivity index (χ0) is 25.2. The van der Waals surface area contributed by atoms with E-state index >= 15 is 0 Å². The molecular weight excluding hydrogens is 444 g/mol. The van der Waals surface area contributed by atoms with Gasteiger partial charge in [-0.25, -0.2) is 4.79 Å². The van der Waals surface area contributed by atoms with Crippen LogP contribution in [0.2, 0.25) is 0 Å². The minimum absolute atomic E-state index is 0.00588. The highest BCUT2D eigenvalue weighted by atomic mass is 16.4. The Bertz CT molecular complexity index is 1270. The molecule has 176 valence electrons. The molecule has 0 aliphatic carbocycles. The van der Waals surface area contributed by atoms with Gasteiger partial charge in [0.1, 0.15) is 12.2 Å². The summed E-state index contributed by atoms with van der Waals surface area (Å²) in [4.78, 5) is 35.1. The van der Waals surface area contributed by atoms with Crippen LogP contribution in [0.4, 0.5) is 0 Å². The first kappa shape index (κ1) is 25.2. The van der Waals surface area contributed by atoms with E-state index in [9.17, 15) is 24.6 Å². The number of aromatic carboxylic acids is 1. The Morgan fingerprint density at radius 3 is 1.31 bits per heavy atom. The van der Waals surface area contributed by atoms with Gasteiger partial charge in [-0.1, -0.05) is 109 Å². The number of rotatable bonds is 7. The fraction of sp³-hybridized carbons (Fsp3) is 0.0690. The van der Waals surface area contributed by atoms with Gasteiger partial charge in [0.05, 0.1) is 5.56 Å². The molecule has 4 aromatic rings. The van der Waals surface area contributed by atoms with Gasteiger partial charge in [-0.2, -0.15) is 0 Å². The minimum Gasteiger partial charge on any atom is -0.478 e. The number of hydrogen-bond acceptors (Lipinski definition) is 5. The SMILES string of the molecule is O=C(O)c1ccccc1C(=O)C(O)c1ccccc1.O=C(c1ccccc1)C(O)c1ccccc1. The summed E-state index contributed by atoms with van der Waals surface area (Å²) < 4.78 is 0. The van der Waals surface area contributed by atoms with Gasteiger partial charge < -0.3 is 15.3 Å². The second kappa shape index (κ2) is 12.2. The van der Waals surface area contributed by atoms with Crippen LogP contribution in [0, 0.1) is 0 Å². The van der Waals surface area contributed by atoms with Crippen LogP contribution in [0.5, 0.6) is 0 Å². The Morgan fingerprint density at radius 2 is 0.857 bits per heavy atom. The highest BCUT2D eigenvalue weighted by Crippen LogP contribution is 2.21. The summed E-state index contributed by atoms with van der Waals surface area (Å²) >= 11 is 0. The van der Waals surface area contributed by atoms with Gasteiger partial charge in [0, 0.05) is 11.1 Å². The summed E-state index contributed by atoms with van der Waals surface area (Å²) in [6.45, 7) is 0. The van der Waals surface area contributed by atoms with E-state index < -0.39 is 24.0 Å². The van der Waals surface area contributed by atoms with E-state index in [4.69, 9.17) is 5.11 Å². The molecule has 0 saturated heterocycles. The summed E-state index contributed by atoms with van der Waals surface area (Å²) in [5, 5.41) is 28.9. The van der Waals surface area contributed by atoms with Crippen molar-refractivity contribution in [1.82, 2.24) is 0 Å². The van der Waals surface area contributed by atoms with Gasteiger partial charge in [0.15, 0.2) is 11.6 Å². The maximum absolute atomic E-state index is 12.2. The second-order valence-corrected chi connectivity index (χ2v) is 7.57. The quantitative estimate of drug-likeness (QED) is 0.333. The maximum atomic E-state index is 12.2. The predicted molar refractivity (Wildman–Crippen MR) is 131 cm³/mol. The number of benzene rings is 4. The highest BCUT2D eigenvalue weighted by Gasteiger charge is 2.23. The van der Waals surface area contributed by atoms with Crippen molar-refractivity contribution in [3.05, 3.63) is 143 Å². The first-order valence-corrected chi connectivity index (χ1v) is 10.8. The zero-order valence-corrected chi connectivity index (χ0v) is 18.7. The molecule has 0 amide bonds. The summed E-state index contributed by atoms with van der Waals surface area (Å²) in [5.74, 6) is -2.08. The number of carboxylic acids is 1. The summed E-state index contributed by atoms with van der Waals surface area (Å²) in [6.07, 6.45) is -2.44. The van der Waals surface area contributed by atoms with Gasteiger partial charge in [-0.15, -0.1) is 0 Å². The number of aliphatic hydroxyl groups excluding tert-OH is 2. The molecule has 6 nitrogen and oxygen atoms in total. The first-order valence-electron chi connectivity index (χ1n) is 10.8. The topological polar surface area (TPSA) is 112 Å². The third-order valence-corrected chi connectivity index (χ3v) is 5.21. The fourth-order valence-electron chi connectivity index (χ4n) is 3.37. The van der Waals surface area contributed by atoms with E-state index in [-0.39, 0.29) is 16.9 Å². The summed E-state index contributed by atoms with van der Waals surface area (Å²) in [5.41, 5.74) is 1.48. The summed E-state index contributed by atoms with van der Waals surface area (Å²) in [7, 11) is 0. The smallest absolute Gasteiger partial charge is 0.336 e. The molecule has 0 aliphatic rings. The molecule has 0 aliphatic heterocycles. The molecule has 4 rings (SSSR count). The van der Waals surface area contributed by atoms with Gasteiger partial charge in [-0.05, 0) is 17.2 Å². The van der Waals surface area contributed by atoms with E-state index in [1.165, 1.54) is 18.2 Å². The third kappa shape index (κ3) is 6.57. The lowest BCUT2D eigenvalue weighted by Crippen LogP contribution is -2.16. The average Bonchev–Trinajstić information content (AvgIpc) is 2.93. The van der Waals surface area contributed by atoms with E-state index in [1.807, 2.05) is 12.1 Å². The molecule has 0 spiro atoms. The normalized spacial score (nSPS) is 11.9. The number of hydrogen-bond donors (Lipinski definition) is 3. The van der Waals surface area contributed by atoms with E-state index in [0.29, 0.717) is 16.7 Å². The second-order valence-electron chi connectivity index (χ2n) is 7.57. The lowest BCUT2D eigenvalue weighted by atomic mass is 9.96. The largest absolute Gasteiger partial charge is 0.478 e. The number of carbonyl (C=O) groups is 3. The Morgan fingerprint density at radius 1 is 0.486 bits per heavy atom. The number of Topliss-reactive ketones (excluding diaryl/α,β-unsaturated/α-hetero) is 2. The van der Waals surface area contributed by atoms with Crippen molar-refractivity contribution in [2.45, 2.75) is 12.2 Å². The lowest BCUT2D eigenvalue weighted by molar-refractivity contribution is 0.0676. The van der Waals surface area contributed by atoms with Gasteiger partial charge >= 0.3 is 5.97 Å². The molecule has 0 heterocycles. The Labute approximate surface area is 202 Å². The Balaban J connectivity index is 0.000000198. The highest BCUT2D eigenvalue weighted by molar-refractivity contribution is 6.07. The van der Waals surface area contributed by atoms with Gasteiger partial charge in [0.2, 0.25) is 0 Å². The Hall–Kier alpha value is -4.39. The number of carboxylic acid groups (broad SMARTS) is 1. The van der Waals surface area contributed by atoms with Crippen LogP contribution >= 0.6 is 0 Å². The monoisotopic (exact) mass is 468 g/mol. The molecule has 2 atom stereocenters. The van der Waals surface area contributed by atoms with Crippen molar-refractivity contribution < 1.29 is 29.7 Å². The average molecular weight is 469 g/mol. The zero-order valence-electron chi connectivity index (χ0n) is 18.7. The lowest BCUT2D eigenvalue weighted by Gasteiger charge is -2.11. The van der Waals surface area contributed by atoms with Crippen molar-refractivity contribution in [1.29, 1.82) is 0 Å². The molecule has 0 bridgehead atoms. The number of ketones is 2. The molecule has 0 radical (unpaired) electrons. The molecule has 0 aromatic heterocycles. The number of aliphatic hydroxyl groups is 2. The number of carbonyl (C=O) groups excluding carboxylic acids is 2. The predicted octanol–water partition coefficient (Wildman–Crippen LogP) is 4.90. The third-order valence-electron chi connectivity index (χ3n) is 5.21. The molecular formula is C29H24O6. The van der Waals surface area contributed by atoms with E-state index in [1.54, 1.807) is 84.9 Å². The Kier molecular flexibility index (Phi) is 8.78. The molecule has 0 fully saturated rings. The minimum atomic E-state index is -1.36. The van der Waals surface area contributed by atoms with Crippen molar-refractivity contribution in [3.8, 4) is 0 Å². The first-order chi connectivity index (χ1) is 16.9. The van der Waals surface area contributed by atoms with Crippen molar-refractivity contribution in [3.63, 3.8) is 0 Å². The van der Waals surface area contributed by atoms with Gasteiger partial charge in [-0.3, -0.25) is 9.59 Å². The molecule has 4 aromatic carbocycles. The van der Waals surface area contributed by atoms with Crippen molar-refractivity contribution >= 4 is 17.5 Å². The van der Waals surface area contributed by atoms with Crippen LogP contribution in [0.1, 0.15) is 54.4 Å². The summed E-state index contributed by atoms with van der Waals surface area (Å²) in [6, 6.07) is 32.0. The molecule has 2 unspecified atom stereocenters. The van der Waals surface area contributed by atoms with Crippen molar-refractivity contribution in [2.75, 3.05) is 0 Å². The van der Waals surface area contributed by atoms with Crippen LogP contribution in [0.25, 0.3) is 0 Å². The standard InChI is InChI=1S/C15H12O4.C14H12O2/c16-13(10-6-2-1-3-7-10)14(17)11-8-4-5-9-12(11)15(18)19;15-13(11-7-3-1-4-8-11)14(16)12-9-5-2-6-10-12/h1-9,13,16H,(H,18,19);1-10,13,15H.